The van der Waals surface area contributed by atoms with E-state index < -0.39 is 0 Å². The minimum atomic E-state index is -0.329. The van der Waals surface area contributed by atoms with Crippen molar-refractivity contribution >= 4 is 5.91 Å². The van der Waals surface area contributed by atoms with E-state index in [2.05, 4.69) is 10.3 Å². The van der Waals surface area contributed by atoms with Gasteiger partial charge < -0.3 is 15.4 Å². The van der Waals surface area contributed by atoms with E-state index in [1.165, 1.54) is 0 Å². The Hall–Kier alpha value is -1.62. The number of carbonyl (C=O) groups excluding carboxylic acids is 1. The van der Waals surface area contributed by atoms with Crippen LogP contribution in [0.1, 0.15) is 47.8 Å². The van der Waals surface area contributed by atoms with E-state index in [-0.39, 0.29) is 29.6 Å². The quantitative estimate of drug-likeness (QED) is 0.751. The van der Waals surface area contributed by atoms with Crippen LogP contribution in [0.2, 0.25) is 0 Å². The summed E-state index contributed by atoms with van der Waals surface area (Å²) in [7, 11) is 0. The molecule has 1 amide bonds. The van der Waals surface area contributed by atoms with Gasteiger partial charge >= 0.3 is 0 Å². The minimum Gasteiger partial charge on any atom is -0.396 e. The third-order valence-electron chi connectivity index (χ3n) is 3.82. The molecule has 1 aromatic rings. The second-order valence-electron chi connectivity index (χ2n) is 5.55. The van der Waals surface area contributed by atoms with Gasteiger partial charge in [-0.25, -0.2) is 0 Å². The van der Waals surface area contributed by atoms with Crippen LogP contribution in [-0.2, 0) is 12.8 Å². The lowest BCUT2D eigenvalue weighted by molar-refractivity contribution is 0.0943. The summed E-state index contributed by atoms with van der Waals surface area (Å²) in [6.07, 6.45) is 4.65. The van der Waals surface area contributed by atoms with Gasteiger partial charge in [0.05, 0.1) is 0 Å². The Morgan fingerprint density at radius 3 is 2.95 bits per heavy atom. The third kappa shape index (κ3) is 3.48. The van der Waals surface area contributed by atoms with Gasteiger partial charge in [-0.1, -0.05) is 6.92 Å². The molecule has 0 aliphatic heterocycles. The molecule has 0 spiro atoms. The molecule has 20 heavy (non-hydrogen) atoms. The Bertz CT molecular complexity index is 536. The van der Waals surface area contributed by atoms with Crippen LogP contribution >= 0.6 is 0 Å². The number of aliphatic hydroxyl groups excluding tert-OH is 1. The van der Waals surface area contributed by atoms with Crippen LogP contribution < -0.4 is 10.9 Å². The first-order chi connectivity index (χ1) is 9.61. The number of hydrogen-bond acceptors (Lipinski definition) is 3. The summed E-state index contributed by atoms with van der Waals surface area (Å²) < 4.78 is 0. The fourth-order valence-corrected chi connectivity index (χ4v) is 2.53. The fraction of sp³-hybridized carbons (Fsp3) is 0.600. The predicted octanol–water partition coefficient (Wildman–Crippen LogP) is 1.00. The number of aryl methyl sites for hydroxylation is 2. The van der Waals surface area contributed by atoms with Crippen molar-refractivity contribution in [3.05, 3.63) is 33.2 Å². The number of hydrogen-bond donors (Lipinski definition) is 3. The van der Waals surface area contributed by atoms with Crippen LogP contribution in [0.4, 0.5) is 0 Å². The molecule has 0 bridgehead atoms. The van der Waals surface area contributed by atoms with Gasteiger partial charge in [-0.2, -0.15) is 0 Å². The number of carbonyl (C=O) groups is 1. The summed E-state index contributed by atoms with van der Waals surface area (Å²) in [4.78, 5) is 26.8. The maximum Gasteiger partial charge on any atom is 0.261 e. The van der Waals surface area contributed by atoms with Crippen LogP contribution in [0.15, 0.2) is 10.9 Å². The minimum absolute atomic E-state index is 0.108. The lowest BCUT2D eigenvalue weighted by Gasteiger charge is -2.16. The molecule has 1 atom stereocenters. The highest BCUT2D eigenvalue weighted by atomic mass is 16.3. The molecule has 1 aliphatic rings. The van der Waals surface area contributed by atoms with Gasteiger partial charge in [-0.3, -0.25) is 9.59 Å². The third-order valence-corrected chi connectivity index (χ3v) is 3.82. The van der Waals surface area contributed by atoms with Gasteiger partial charge in [0.15, 0.2) is 0 Å². The van der Waals surface area contributed by atoms with Crippen molar-refractivity contribution in [1.82, 2.24) is 10.3 Å². The van der Waals surface area contributed by atoms with Crippen LogP contribution in [0.5, 0.6) is 0 Å². The lowest BCUT2D eigenvalue weighted by Crippen LogP contribution is -2.33. The van der Waals surface area contributed by atoms with Crippen molar-refractivity contribution in [3.8, 4) is 0 Å². The number of H-pyrrole nitrogens is 1. The zero-order valence-electron chi connectivity index (χ0n) is 11.9. The molecule has 1 unspecified atom stereocenters. The highest BCUT2D eigenvalue weighted by Crippen LogP contribution is 2.18. The monoisotopic (exact) mass is 278 g/mol. The average Bonchev–Trinajstić information content (AvgIpc) is 2.44. The fourth-order valence-electron chi connectivity index (χ4n) is 2.53. The topological polar surface area (TPSA) is 82.2 Å². The number of amides is 1. The van der Waals surface area contributed by atoms with Gasteiger partial charge in [0, 0.05) is 18.8 Å². The smallest absolute Gasteiger partial charge is 0.261 e. The highest BCUT2D eigenvalue weighted by Gasteiger charge is 2.17. The molecule has 3 N–H and O–H groups in total. The van der Waals surface area contributed by atoms with Crippen LogP contribution in [0.25, 0.3) is 0 Å². The average molecular weight is 278 g/mol. The number of aliphatic hydroxyl groups is 1. The Kier molecular flexibility index (Phi) is 4.95. The molecule has 0 saturated heterocycles. The maximum absolute atomic E-state index is 12.1. The van der Waals surface area contributed by atoms with E-state index in [9.17, 15) is 9.59 Å². The Morgan fingerprint density at radius 1 is 1.45 bits per heavy atom. The zero-order valence-corrected chi connectivity index (χ0v) is 11.9. The molecule has 5 heteroatoms. The van der Waals surface area contributed by atoms with Crippen molar-refractivity contribution in [2.24, 2.45) is 5.92 Å². The molecule has 0 saturated carbocycles. The SMILES string of the molecule is CC(CCO)CNC(=O)c1cc2c([nH]c1=O)CCCC2. The van der Waals surface area contributed by atoms with Gasteiger partial charge in [-0.15, -0.1) is 0 Å². The van der Waals surface area contributed by atoms with E-state index >= 15 is 0 Å². The molecule has 1 aliphatic carbocycles. The zero-order chi connectivity index (χ0) is 14.5. The molecular formula is C15H22N2O3. The summed E-state index contributed by atoms with van der Waals surface area (Å²) in [6.45, 7) is 2.53. The normalized spacial score (nSPS) is 15.5. The summed E-state index contributed by atoms with van der Waals surface area (Å²) in [5, 5.41) is 11.6. The van der Waals surface area contributed by atoms with Gasteiger partial charge in [-0.05, 0) is 49.7 Å². The van der Waals surface area contributed by atoms with E-state index in [1.54, 1.807) is 6.07 Å². The van der Waals surface area contributed by atoms with Crippen molar-refractivity contribution in [2.75, 3.05) is 13.2 Å². The molecule has 0 aromatic carbocycles. The maximum atomic E-state index is 12.1. The van der Waals surface area contributed by atoms with Crippen molar-refractivity contribution in [2.45, 2.75) is 39.0 Å². The van der Waals surface area contributed by atoms with Gasteiger partial charge in [0.2, 0.25) is 0 Å². The Morgan fingerprint density at radius 2 is 2.20 bits per heavy atom. The number of rotatable bonds is 5. The number of aromatic amines is 1. The van der Waals surface area contributed by atoms with E-state index in [0.717, 1.165) is 36.9 Å². The predicted molar refractivity (Wildman–Crippen MR) is 76.9 cm³/mol. The molecule has 0 radical (unpaired) electrons. The van der Waals surface area contributed by atoms with Crippen molar-refractivity contribution < 1.29 is 9.90 Å². The number of aromatic nitrogens is 1. The first kappa shape index (κ1) is 14.8. The summed E-state index contributed by atoms with van der Waals surface area (Å²) >= 11 is 0. The number of nitrogens with one attached hydrogen (secondary N) is 2. The second-order valence-corrected chi connectivity index (χ2v) is 5.55. The van der Waals surface area contributed by atoms with E-state index in [0.29, 0.717) is 13.0 Å². The lowest BCUT2D eigenvalue weighted by atomic mass is 9.95. The molecule has 1 heterocycles. The van der Waals surface area contributed by atoms with Crippen LogP contribution in [-0.4, -0.2) is 29.1 Å². The molecule has 110 valence electrons. The summed E-state index contributed by atoms with van der Waals surface area (Å²) in [5.74, 6) is -0.134. The Labute approximate surface area is 118 Å². The molecule has 5 nitrogen and oxygen atoms in total. The van der Waals surface area contributed by atoms with Crippen LogP contribution in [0.3, 0.4) is 0 Å². The largest absolute Gasteiger partial charge is 0.396 e. The number of fused-ring (bicyclic) bond motifs is 1. The number of pyridine rings is 1. The highest BCUT2D eigenvalue weighted by molar-refractivity contribution is 5.94. The molecule has 0 fully saturated rings. The van der Waals surface area contributed by atoms with E-state index in [4.69, 9.17) is 5.11 Å². The Balaban J connectivity index is 2.08. The standard InChI is InChI=1S/C15H22N2O3/c1-10(6-7-18)9-16-14(19)12-8-11-4-2-3-5-13(11)17-15(12)20/h8,10,18H,2-7,9H2,1H3,(H,16,19)(H,17,20). The van der Waals surface area contributed by atoms with Crippen LogP contribution in [0, 0.1) is 5.92 Å². The first-order valence-corrected chi connectivity index (χ1v) is 7.26. The molecular weight excluding hydrogens is 256 g/mol. The second kappa shape index (κ2) is 6.70. The van der Waals surface area contributed by atoms with Gasteiger partial charge in [0.1, 0.15) is 5.56 Å². The first-order valence-electron chi connectivity index (χ1n) is 7.26. The molecule has 1 aromatic heterocycles. The summed E-state index contributed by atoms with van der Waals surface area (Å²) in [6, 6.07) is 1.74. The van der Waals surface area contributed by atoms with E-state index in [1.807, 2.05) is 6.92 Å². The van der Waals surface area contributed by atoms with Gasteiger partial charge in [0.25, 0.3) is 11.5 Å². The summed E-state index contributed by atoms with van der Waals surface area (Å²) in [5.41, 5.74) is 1.95. The molecule has 2 rings (SSSR count). The van der Waals surface area contributed by atoms with Crippen molar-refractivity contribution in [3.63, 3.8) is 0 Å². The van der Waals surface area contributed by atoms with Crippen molar-refractivity contribution in [1.29, 1.82) is 0 Å².